The number of hydrogen-bond donors (Lipinski definition) is 0. The van der Waals surface area contributed by atoms with Gasteiger partial charge in [-0.2, -0.15) is 5.26 Å². The third-order valence-corrected chi connectivity index (χ3v) is 4.96. The Hall–Kier alpha value is -2.77. The monoisotopic (exact) mass is 362 g/mol. The molecule has 0 N–H and O–H groups in total. The van der Waals surface area contributed by atoms with Crippen molar-refractivity contribution < 1.29 is 4.39 Å². The molecule has 130 valence electrons. The van der Waals surface area contributed by atoms with E-state index in [1.807, 2.05) is 23.6 Å². The van der Waals surface area contributed by atoms with Crippen LogP contribution in [0.25, 0.3) is 22.9 Å². The highest BCUT2D eigenvalue weighted by Crippen LogP contribution is 2.28. The highest BCUT2D eigenvalue weighted by atomic mass is 32.1. The minimum absolute atomic E-state index is 0.0969. The Bertz CT molecular complexity index is 969. The van der Waals surface area contributed by atoms with Crippen molar-refractivity contribution in [2.24, 2.45) is 0 Å². The van der Waals surface area contributed by atoms with Crippen molar-refractivity contribution in [3.8, 4) is 17.3 Å². The molecule has 0 fully saturated rings. The lowest BCUT2D eigenvalue weighted by Gasteiger charge is -2.18. The molecule has 0 atom stereocenters. The van der Waals surface area contributed by atoms with E-state index in [4.69, 9.17) is 0 Å². The van der Waals surface area contributed by atoms with Crippen LogP contribution in [0.5, 0.6) is 0 Å². The lowest BCUT2D eigenvalue weighted by atomic mass is 9.86. The van der Waals surface area contributed by atoms with Gasteiger partial charge in [-0.15, -0.1) is 11.3 Å². The van der Waals surface area contributed by atoms with E-state index in [-0.39, 0.29) is 11.2 Å². The number of benzene rings is 2. The predicted molar refractivity (Wildman–Crippen MR) is 106 cm³/mol. The average molecular weight is 362 g/mol. The van der Waals surface area contributed by atoms with Gasteiger partial charge in [0.2, 0.25) is 0 Å². The van der Waals surface area contributed by atoms with E-state index in [1.54, 1.807) is 12.1 Å². The molecule has 1 aromatic heterocycles. The van der Waals surface area contributed by atoms with Gasteiger partial charge in [-0.3, -0.25) is 0 Å². The predicted octanol–water partition coefficient (Wildman–Crippen LogP) is 6.31. The number of thiazole rings is 1. The first-order valence-corrected chi connectivity index (χ1v) is 9.19. The Morgan fingerprint density at radius 3 is 2.31 bits per heavy atom. The second kappa shape index (κ2) is 7.23. The number of hydrogen-bond acceptors (Lipinski definition) is 3. The number of halogens is 1. The van der Waals surface area contributed by atoms with Crippen LogP contribution in [0.1, 0.15) is 36.9 Å². The first-order chi connectivity index (χ1) is 12.4. The van der Waals surface area contributed by atoms with Gasteiger partial charge in [0.05, 0.1) is 11.3 Å². The number of nitriles is 1. The summed E-state index contributed by atoms with van der Waals surface area (Å²) in [6.45, 7) is 6.52. The SMILES string of the molecule is CC(C)(C)c1ccc(C=C(C#N)c2nc(-c3ccc(F)cc3)cs2)cc1. The Morgan fingerprint density at radius 1 is 1.08 bits per heavy atom. The summed E-state index contributed by atoms with van der Waals surface area (Å²) in [5.74, 6) is -0.277. The van der Waals surface area contributed by atoms with Gasteiger partial charge in [-0.05, 0) is 46.9 Å². The van der Waals surface area contributed by atoms with Gasteiger partial charge >= 0.3 is 0 Å². The van der Waals surface area contributed by atoms with E-state index >= 15 is 0 Å². The summed E-state index contributed by atoms with van der Waals surface area (Å²) >= 11 is 1.41. The smallest absolute Gasteiger partial charge is 0.134 e. The normalized spacial score (nSPS) is 12.0. The van der Waals surface area contributed by atoms with Gasteiger partial charge in [0, 0.05) is 10.9 Å². The average Bonchev–Trinajstić information content (AvgIpc) is 3.10. The fraction of sp³-hybridized carbons (Fsp3) is 0.182. The molecule has 0 unspecified atom stereocenters. The third-order valence-electron chi connectivity index (χ3n) is 4.08. The molecule has 0 aliphatic rings. The standard InChI is InChI=1S/C22H19FN2S/c1-22(2,3)18-8-4-15(5-9-18)12-17(13-24)21-25-20(14-26-21)16-6-10-19(23)11-7-16/h4-12,14H,1-3H3. The Morgan fingerprint density at radius 2 is 1.73 bits per heavy atom. The first kappa shape index (κ1) is 18.0. The van der Waals surface area contributed by atoms with Gasteiger partial charge in [0.25, 0.3) is 0 Å². The largest absolute Gasteiger partial charge is 0.235 e. The summed E-state index contributed by atoms with van der Waals surface area (Å²) < 4.78 is 13.1. The molecule has 2 nitrogen and oxygen atoms in total. The molecule has 3 aromatic rings. The summed E-state index contributed by atoms with van der Waals surface area (Å²) in [4.78, 5) is 4.54. The zero-order chi connectivity index (χ0) is 18.7. The molecule has 0 bridgehead atoms. The molecular formula is C22H19FN2S. The van der Waals surface area contributed by atoms with Crippen molar-refractivity contribution in [3.05, 3.63) is 75.9 Å². The van der Waals surface area contributed by atoms with Gasteiger partial charge in [0.1, 0.15) is 16.9 Å². The summed E-state index contributed by atoms with van der Waals surface area (Å²) in [6.07, 6.45) is 1.85. The summed E-state index contributed by atoms with van der Waals surface area (Å²) in [7, 11) is 0. The fourth-order valence-corrected chi connectivity index (χ4v) is 3.33. The number of allylic oxidation sites excluding steroid dienone is 1. The second-order valence-corrected chi connectivity index (χ2v) is 7.94. The van der Waals surface area contributed by atoms with E-state index in [2.05, 4.69) is 44.0 Å². The van der Waals surface area contributed by atoms with Gasteiger partial charge in [-0.1, -0.05) is 45.0 Å². The maximum Gasteiger partial charge on any atom is 0.134 e. The molecule has 26 heavy (non-hydrogen) atoms. The maximum absolute atomic E-state index is 13.1. The van der Waals surface area contributed by atoms with Crippen LogP contribution in [-0.4, -0.2) is 4.98 Å². The zero-order valence-corrected chi connectivity index (χ0v) is 15.8. The van der Waals surface area contributed by atoms with Crippen molar-refractivity contribution >= 4 is 23.0 Å². The van der Waals surface area contributed by atoms with Gasteiger partial charge < -0.3 is 0 Å². The lowest BCUT2D eigenvalue weighted by Crippen LogP contribution is -2.10. The molecule has 0 saturated carbocycles. The van der Waals surface area contributed by atoms with Crippen LogP contribution >= 0.6 is 11.3 Å². The lowest BCUT2D eigenvalue weighted by molar-refractivity contribution is 0.590. The third kappa shape index (κ3) is 4.07. The Labute approximate surface area is 157 Å². The van der Waals surface area contributed by atoms with Crippen molar-refractivity contribution in [1.82, 2.24) is 4.98 Å². The summed E-state index contributed by atoms with van der Waals surface area (Å²) in [5.41, 5.74) is 4.41. The molecule has 3 rings (SSSR count). The van der Waals surface area contributed by atoms with Crippen LogP contribution in [0.4, 0.5) is 4.39 Å². The molecule has 0 radical (unpaired) electrons. The van der Waals surface area contributed by atoms with Crippen molar-refractivity contribution in [2.75, 3.05) is 0 Å². The van der Waals surface area contributed by atoms with Crippen LogP contribution in [0, 0.1) is 17.1 Å². The van der Waals surface area contributed by atoms with Crippen LogP contribution in [0.3, 0.4) is 0 Å². The van der Waals surface area contributed by atoms with Crippen LogP contribution in [0.2, 0.25) is 0 Å². The maximum atomic E-state index is 13.1. The molecule has 0 amide bonds. The molecule has 0 aliphatic carbocycles. The summed E-state index contributed by atoms with van der Waals surface area (Å²) in [5, 5.41) is 12.1. The topological polar surface area (TPSA) is 36.7 Å². The molecular weight excluding hydrogens is 343 g/mol. The molecule has 1 heterocycles. The van der Waals surface area contributed by atoms with E-state index in [9.17, 15) is 9.65 Å². The second-order valence-electron chi connectivity index (χ2n) is 7.09. The quantitative estimate of drug-likeness (QED) is 0.512. The van der Waals surface area contributed by atoms with E-state index in [0.29, 0.717) is 10.6 Å². The molecule has 2 aromatic carbocycles. The molecule has 4 heteroatoms. The number of rotatable bonds is 3. The number of nitrogens with zero attached hydrogens (tertiary/aromatic N) is 2. The molecule has 0 spiro atoms. The van der Waals surface area contributed by atoms with Crippen LogP contribution in [-0.2, 0) is 5.41 Å². The number of aromatic nitrogens is 1. The minimum atomic E-state index is -0.277. The highest BCUT2D eigenvalue weighted by molar-refractivity contribution is 7.11. The van der Waals surface area contributed by atoms with Crippen molar-refractivity contribution in [1.29, 1.82) is 5.26 Å². The van der Waals surface area contributed by atoms with E-state index in [0.717, 1.165) is 16.8 Å². The van der Waals surface area contributed by atoms with E-state index < -0.39 is 0 Å². The van der Waals surface area contributed by atoms with Crippen molar-refractivity contribution in [3.63, 3.8) is 0 Å². The van der Waals surface area contributed by atoms with Crippen LogP contribution < -0.4 is 0 Å². The van der Waals surface area contributed by atoms with E-state index in [1.165, 1.54) is 29.0 Å². The summed E-state index contributed by atoms with van der Waals surface area (Å²) in [6, 6.07) is 16.7. The molecule has 0 aliphatic heterocycles. The minimum Gasteiger partial charge on any atom is -0.235 e. The fourth-order valence-electron chi connectivity index (χ4n) is 2.54. The zero-order valence-electron chi connectivity index (χ0n) is 15.0. The molecule has 0 saturated heterocycles. The van der Waals surface area contributed by atoms with Crippen molar-refractivity contribution in [2.45, 2.75) is 26.2 Å². The highest BCUT2D eigenvalue weighted by Gasteiger charge is 2.13. The Balaban J connectivity index is 1.88. The first-order valence-electron chi connectivity index (χ1n) is 8.31. The van der Waals surface area contributed by atoms with Gasteiger partial charge in [-0.25, -0.2) is 9.37 Å². The van der Waals surface area contributed by atoms with Crippen LogP contribution in [0.15, 0.2) is 53.9 Å². The van der Waals surface area contributed by atoms with Gasteiger partial charge in [0.15, 0.2) is 0 Å². The Kier molecular flexibility index (Phi) is 5.01.